The summed E-state index contributed by atoms with van der Waals surface area (Å²) in [6, 6.07) is 3.65. The van der Waals surface area contributed by atoms with E-state index in [1.165, 1.54) is 4.88 Å². The number of aryl methyl sites for hydroxylation is 1. The summed E-state index contributed by atoms with van der Waals surface area (Å²) in [5.41, 5.74) is 3.74. The second-order valence-electron chi connectivity index (χ2n) is 6.77. The van der Waals surface area contributed by atoms with Crippen LogP contribution in [0.5, 0.6) is 0 Å². The van der Waals surface area contributed by atoms with Gasteiger partial charge in [0.2, 0.25) is 0 Å². The van der Waals surface area contributed by atoms with E-state index in [1.807, 2.05) is 17.6 Å². The van der Waals surface area contributed by atoms with Crippen LogP contribution in [0.2, 0.25) is 0 Å². The van der Waals surface area contributed by atoms with Gasteiger partial charge in [-0.3, -0.25) is 14.7 Å². The van der Waals surface area contributed by atoms with E-state index in [9.17, 15) is 4.79 Å². The number of ether oxygens (including phenoxy) is 1. The predicted octanol–water partition coefficient (Wildman–Crippen LogP) is 2.46. The Morgan fingerprint density at radius 2 is 2.44 bits per heavy atom. The minimum absolute atomic E-state index is 0.0627. The van der Waals surface area contributed by atoms with Gasteiger partial charge in [-0.2, -0.15) is 0 Å². The van der Waals surface area contributed by atoms with Crippen molar-refractivity contribution in [2.75, 3.05) is 18.4 Å². The lowest BCUT2D eigenvalue weighted by Crippen LogP contribution is -2.41. The number of carbonyl (C=O) groups excluding carboxylic acids is 1. The first-order chi connectivity index (χ1) is 12.2. The highest BCUT2D eigenvalue weighted by molar-refractivity contribution is 7.09. The van der Waals surface area contributed by atoms with Crippen molar-refractivity contribution in [3.8, 4) is 0 Å². The van der Waals surface area contributed by atoms with E-state index < -0.39 is 0 Å². The Morgan fingerprint density at radius 3 is 3.20 bits per heavy atom. The topological polar surface area (TPSA) is 67.4 Å². The maximum Gasteiger partial charge on any atom is 0.253 e. The van der Waals surface area contributed by atoms with Crippen molar-refractivity contribution in [2.24, 2.45) is 5.92 Å². The van der Waals surface area contributed by atoms with Gasteiger partial charge in [0.05, 0.1) is 29.2 Å². The summed E-state index contributed by atoms with van der Waals surface area (Å²) in [5.74, 6) is 0.413. The van der Waals surface area contributed by atoms with E-state index in [0.717, 1.165) is 38.2 Å². The molecule has 2 aromatic heterocycles. The van der Waals surface area contributed by atoms with Crippen LogP contribution in [0.4, 0.5) is 5.69 Å². The molecule has 132 valence electrons. The molecule has 0 saturated carbocycles. The number of anilines is 1. The molecule has 1 N–H and O–H groups in total. The zero-order chi connectivity index (χ0) is 17.2. The Balaban J connectivity index is 1.33. The fraction of sp³-hybridized carbons (Fsp3) is 0.500. The van der Waals surface area contributed by atoms with Crippen molar-refractivity contribution in [2.45, 2.75) is 38.5 Å². The highest BCUT2D eigenvalue weighted by Gasteiger charge is 2.41. The van der Waals surface area contributed by atoms with Gasteiger partial charge < -0.3 is 10.1 Å². The number of amides is 1. The van der Waals surface area contributed by atoms with Crippen LogP contribution in [0.25, 0.3) is 0 Å². The molecule has 0 spiro atoms. The predicted molar refractivity (Wildman–Crippen MR) is 96.4 cm³/mol. The smallest absolute Gasteiger partial charge is 0.253 e. The molecule has 0 aliphatic carbocycles. The minimum atomic E-state index is -0.361. The normalized spacial score (nSPS) is 26.4. The van der Waals surface area contributed by atoms with E-state index in [-0.39, 0.29) is 18.1 Å². The third-order valence-corrected chi connectivity index (χ3v) is 5.99. The summed E-state index contributed by atoms with van der Waals surface area (Å²) in [6.07, 6.45) is 5.02. The molecular formula is C18H22N4O2S. The van der Waals surface area contributed by atoms with Gasteiger partial charge >= 0.3 is 0 Å². The summed E-state index contributed by atoms with van der Waals surface area (Å²) >= 11 is 1.71. The molecule has 2 fully saturated rings. The van der Waals surface area contributed by atoms with Crippen molar-refractivity contribution < 1.29 is 9.53 Å². The number of carbonyl (C=O) groups is 1. The number of nitrogens with zero attached hydrogens (tertiary/aromatic N) is 3. The molecule has 2 aromatic rings. The van der Waals surface area contributed by atoms with Crippen LogP contribution in [0.15, 0.2) is 30.0 Å². The number of fused-ring (bicyclic) bond motifs is 1. The summed E-state index contributed by atoms with van der Waals surface area (Å²) in [7, 11) is 0. The Hall–Kier alpha value is -1.83. The molecule has 0 aromatic carbocycles. The second kappa shape index (κ2) is 7.19. The van der Waals surface area contributed by atoms with Gasteiger partial charge in [0.1, 0.15) is 6.10 Å². The summed E-state index contributed by atoms with van der Waals surface area (Å²) in [6.45, 7) is 4.93. The molecule has 2 saturated heterocycles. The average molecular weight is 358 g/mol. The number of hydrogen-bond acceptors (Lipinski definition) is 6. The number of rotatable bonds is 4. The fourth-order valence-corrected chi connectivity index (χ4v) is 4.47. The first-order valence-electron chi connectivity index (χ1n) is 8.66. The van der Waals surface area contributed by atoms with Crippen molar-refractivity contribution in [3.05, 3.63) is 40.6 Å². The molecule has 2 aliphatic heterocycles. The zero-order valence-corrected chi connectivity index (χ0v) is 15.0. The van der Waals surface area contributed by atoms with Crippen LogP contribution in [0.1, 0.15) is 23.4 Å². The van der Waals surface area contributed by atoms with Crippen LogP contribution in [-0.4, -0.2) is 46.1 Å². The lowest BCUT2D eigenvalue weighted by atomic mass is 9.91. The monoisotopic (exact) mass is 358 g/mol. The summed E-state index contributed by atoms with van der Waals surface area (Å²) in [5, 5.41) is 2.90. The van der Waals surface area contributed by atoms with E-state index in [0.29, 0.717) is 11.6 Å². The van der Waals surface area contributed by atoms with Crippen LogP contribution in [0.3, 0.4) is 0 Å². The van der Waals surface area contributed by atoms with Crippen molar-refractivity contribution in [3.63, 3.8) is 0 Å². The number of likely N-dealkylation sites (tertiary alicyclic amines) is 1. The van der Waals surface area contributed by atoms with Gasteiger partial charge in [0, 0.05) is 24.2 Å². The Kier molecular flexibility index (Phi) is 4.78. The van der Waals surface area contributed by atoms with Crippen molar-refractivity contribution >= 4 is 22.9 Å². The molecule has 0 bridgehead atoms. The molecule has 4 rings (SSSR count). The molecule has 1 amide bonds. The molecule has 25 heavy (non-hydrogen) atoms. The van der Waals surface area contributed by atoms with E-state index in [1.54, 1.807) is 23.7 Å². The minimum Gasteiger partial charge on any atom is -0.364 e. The Bertz CT molecular complexity index is 736. The maximum atomic E-state index is 12.5. The third kappa shape index (κ3) is 3.73. The maximum absolute atomic E-state index is 12.5. The number of hydrogen-bond donors (Lipinski definition) is 1. The largest absolute Gasteiger partial charge is 0.364 e. The Labute approximate surface area is 151 Å². The summed E-state index contributed by atoms with van der Waals surface area (Å²) in [4.78, 5) is 24.5. The van der Waals surface area contributed by atoms with Gasteiger partial charge in [-0.25, -0.2) is 4.98 Å². The number of nitrogens with one attached hydrogen (secondary N) is 1. The molecule has 7 heteroatoms. The number of piperidine rings is 1. The van der Waals surface area contributed by atoms with Crippen LogP contribution >= 0.6 is 11.3 Å². The standard InChI is InChI=1S/C18H22N4O2S/c1-12-17(25-11-20-12)10-22-6-4-13-7-15(24-16(13)9-22)18(23)21-14-3-2-5-19-8-14/h2-3,5,8,11,13,15-16H,4,6-7,9-10H2,1H3,(H,21,23)/t13-,15-,16-/m0/s1. The molecule has 0 unspecified atom stereocenters. The average Bonchev–Trinajstić information content (AvgIpc) is 3.22. The van der Waals surface area contributed by atoms with Crippen LogP contribution in [0, 0.1) is 12.8 Å². The molecule has 4 heterocycles. The number of thiazole rings is 1. The number of aromatic nitrogens is 2. The van der Waals surface area contributed by atoms with Gasteiger partial charge in [-0.1, -0.05) is 0 Å². The van der Waals surface area contributed by atoms with E-state index in [2.05, 4.69) is 27.1 Å². The molecule has 2 aliphatic rings. The fourth-order valence-electron chi connectivity index (χ4n) is 3.65. The SMILES string of the molecule is Cc1ncsc1CN1CC[C@H]2C[C@@H](C(=O)Nc3cccnc3)O[C@H]2C1. The van der Waals surface area contributed by atoms with E-state index >= 15 is 0 Å². The van der Waals surface area contributed by atoms with E-state index in [4.69, 9.17) is 4.74 Å². The molecule has 3 atom stereocenters. The first kappa shape index (κ1) is 16.6. The van der Waals surface area contributed by atoms with Gasteiger partial charge in [0.25, 0.3) is 5.91 Å². The lowest BCUT2D eigenvalue weighted by Gasteiger charge is -2.33. The first-order valence-corrected chi connectivity index (χ1v) is 9.54. The van der Waals surface area contributed by atoms with Crippen LogP contribution in [-0.2, 0) is 16.1 Å². The Morgan fingerprint density at radius 1 is 1.52 bits per heavy atom. The quantitative estimate of drug-likeness (QED) is 0.909. The van der Waals surface area contributed by atoms with Crippen LogP contribution < -0.4 is 5.32 Å². The molecule has 6 nitrogen and oxygen atoms in total. The highest BCUT2D eigenvalue weighted by atomic mass is 32.1. The summed E-state index contributed by atoms with van der Waals surface area (Å²) < 4.78 is 6.09. The van der Waals surface area contributed by atoms with Gasteiger partial charge in [0.15, 0.2) is 0 Å². The second-order valence-corrected chi connectivity index (χ2v) is 7.71. The molecular weight excluding hydrogens is 336 g/mol. The van der Waals surface area contributed by atoms with Gasteiger partial charge in [-0.05, 0) is 44.4 Å². The van der Waals surface area contributed by atoms with Crippen molar-refractivity contribution in [1.82, 2.24) is 14.9 Å². The molecule has 0 radical (unpaired) electrons. The zero-order valence-electron chi connectivity index (χ0n) is 14.2. The lowest BCUT2D eigenvalue weighted by molar-refractivity contribution is -0.127. The number of pyridine rings is 1. The van der Waals surface area contributed by atoms with Crippen molar-refractivity contribution in [1.29, 1.82) is 0 Å². The highest BCUT2D eigenvalue weighted by Crippen LogP contribution is 2.34. The van der Waals surface area contributed by atoms with Gasteiger partial charge in [-0.15, -0.1) is 11.3 Å². The third-order valence-electron chi connectivity index (χ3n) is 5.07.